The van der Waals surface area contributed by atoms with Gasteiger partial charge >= 0.3 is 0 Å². The van der Waals surface area contributed by atoms with Gasteiger partial charge in [-0.3, -0.25) is 0 Å². The SMILES string of the molecule is CCN(CC)CCSC(c1cccc(OC)c1)C(C)N. The molecule has 0 radical (unpaired) electrons. The van der Waals surface area contributed by atoms with Crippen LogP contribution in [0.25, 0.3) is 0 Å². The summed E-state index contributed by atoms with van der Waals surface area (Å²) in [6, 6.07) is 8.37. The lowest BCUT2D eigenvalue weighted by molar-refractivity contribution is 0.323. The Bertz CT molecular complexity index is 380. The van der Waals surface area contributed by atoms with E-state index in [-0.39, 0.29) is 6.04 Å². The molecule has 20 heavy (non-hydrogen) atoms. The highest BCUT2D eigenvalue weighted by Crippen LogP contribution is 2.33. The molecule has 0 bridgehead atoms. The zero-order valence-corrected chi connectivity index (χ0v) is 14.0. The Labute approximate surface area is 127 Å². The summed E-state index contributed by atoms with van der Waals surface area (Å²) in [7, 11) is 1.70. The van der Waals surface area contributed by atoms with Crippen LogP contribution in [0, 0.1) is 0 Å². The van der Waals surface area contributed by atoms with E-state index in [0.29, 0.717) is 5.25 Å². The number of benzene rings is 1. The molecule has 0 amide bonds. The predicted molar refractivity (Wildman–Crippen MR) is 89.6 cm³/mol. The highest BCUT2D eigenvalue weighted by molar-refractivity contribution is 7.99. The third kappa shape index (κ3) is 5.35. The van der Waals surface area contributed by atoms with Crippen LogP contribution in [0.15, 0.2) is 24.3 Å². The van der Waals surface area contributed by atoms with E-state index in [1.165, 1.54) is 5.56 Å². The summed E-state index contributed by atoms with van der Waals surface area (Å²) in [6.45, 7) is 9.83. The van der Waals surface area contributed by atoms with Crippen molar-refractivity contribution in [2.45, 2.75) is 32.1 Å². The molecule has 0 fully saturated rings. The minimum atomic E-state index is 0.129. The fourth-order valence-corrected chi connectivity index (χ4v) is 3.48. The number of hydrogen-bond acceptors (Lipinski definition) is 4. The third-order valence-corrected chi connectivity index (χ3v) is 4.98. The van der Waals surface area contributed by atoms with Crippen LogP contribution in [0.2, 0.25) is 0 Å². The molecule has 0 saturated heterocycles. The maximum Gasteiger partial charge on any atom is 0.119 e. The predicted octanol–water partition coefficient (Wildman–Crippen LogP) is 3.16. The zero-order chi connectivity index (χ0) is 15.0. The lowest BCUT2D eigenvalue weighted by Crippen LogP contribution is -2.27. The molecule has 1 aromatic carbocycles. The number of thioether (sulfide) groups is 1. The van der Waals surface area contributed by atoms with Crippen molar-refractivity contribution < 1.29 is 4.74 Å². The van der Waals surface area contributed by atoms with Crippen LogP contribution < -0.4 is 10.5 Å². The van der Waals surface area contributed by atoms with E-state index in [9.17, 15) is 0 Å². The molecule has 2 N–H and O–H groups in total. The van der Waals surface area contributed by atoms with E-state index in [4.69, 9.17) is 10.5 Å². The lowest BCUT2D eigenvalue weighted by atomic mass is 10.1. The van der Waals surface area contributed by atoms with Crippen molar-refractivity contribution in [3.63, 3.8) is 0 Å². The number of methoxy groups -OCH3 is 1. The van der Waals surface area contributed by atoms with Gasteiger partial charge in [0.05, 0.1) is 7.11 Å². The topological polar surface area (TPSA) is 38.5 Å². The van der Waals surface area contributed by atoms with E-state index in [2.05, 4.69) is 37.8 Å². The minimum absolute atomic E-state index is 0.129. The van der Waals surface area contributed by atoms with Gasteiger partial charge in [-0.25, -0.2) is 0 Å². The quantitative estimate of drug-likeness (QED) is 0.760. The summed E-state index contributed by atoms with van der Waals surface area (Å²) in [5.41, 5.74) is 7.42. The molecule has 0 heterocycles. The largest absolute Gasteiger partial charge is 0.497 e. The van der Waals surface area contributed by atoms with Crippen molar-refractivity contribution >= 4 is 11.8 Å². The van der Waals surface area contributed by atoms with Crippen molar-refractivity contribution in [3.05, 3.63) is 29.8 Å². The molecule has 1 rings (SSSR count). The van der Waals surface area contributed by atoms with E-state index in [1.807, 2.05) is 23.9 Å². The number of rotatable bonds is 9. The Hall–Kier alpha value is -0.710. The Balaban J connectivity index is 2.64. The van der Waals surface area contributed by atoms with E-state index in [0.717, 1.165) is 31.1 Å². The minimum Gasteiger partial charge on any atom is -0.497 e. The highest BCUT2D eigenvalue weighted by Gasteiger charge is 2.17. The normalized spacial score (nSPS) is 14.3. The van der Waals surface area contributed by atoms with E-state index < -0.39 is 0 Å². The van der Waals surface area contributed by atoms with Gasteiger partial charge < -0.3 is 15.4 Å². The standard InChI is InChI=1S/C16H28N2OS/c1-5-18(6-2)10-11-20-16(13(3)17)14-8-7-9-15(12-14)19-4/h7-9,12-13,16H,5-6,10-11,17H2,1-4H3. The van der Waals surface area contributed by atoms with Crippen LogP contribution in [-0.4, -0.2) is 43.4 Å². The Kier molecular flexibility index (Phi) is 8.04. The van der Waals surface area contributed by atoms with Gasteiger partial charge in [0, 0.05) is 23.6 Å². The first-order chi connectivity index (χ1) is 9.62. The van der Waals surface area contributed by atoms with Gasteiger partial charge in [0.25, 0.3) is 0 Å². The second-order valence-electron chi connectivity index (χ2n) is 4.95. The molecular weight excluding hydrogens is 268 g/mol. The average molecular weight is 296 g/mol. The monoisotopic (exact) mass is 296 g/mol. The molecule has 4 heteroatoms. The number of ether oxygens (including phenoxy) is 1. The first-order valence-corrected chi connectivity index (χ1v) is 8.40. The zero-order valence-electron chi connectivity index (χ0n) is 13.1. The van der Waals surface area contributed by atoms with Gasteiger partial charge in [-0.05, 0) is 37.7 Å². The van der Waals surface area contributed by atoms with Crippen LogP contribution in [0.3, 0.4) is 0 Å². The molecule has 0 spiro atoms. The maximum absolute atomic E-state index is 6.17. The molecule has 1 aromatic rings. The van der Waals surface area contributed by atoms with Crippen LogP contribution in [-0.2, 0) is 0 Å². The fourth-order valence-electron chi connectivity index (χ4n) is 2.22. The number of nitrogens with zero attached hydrogens (tertiary/aromatic N) is 1. The second kappa shape index (κ2) is 9.27. The molecule has 2 unspecified atom stereocenters. The van der Waals surface area contributed by atoms with Crippen molar-refractivity contribution in [2.75, 3.05) is 32.5 Å². The van der Waals surface area contributed by atoms with Crippen molar-refractivity contribution in [1.82, 2.24) is 4.90 Å². The van der Waals surface area contributed by atoms with Gasteiger partial charge in [-0.2, -0.15) is 11.8 Å². The molecule has 0 aromatic heterocycles. The van der Waals surface area contributed by atoms with Crippen molar-refractivity contribution in [3.8, 4) is 5.75 Å². The summed E-state index contributed by atoms with van der Waals surface area (Å²) >= 11 is 1.94. The molecule has 2 atom stereocenters. The van der Waals surface area contributed by atoms with Crippen molar-refractivity contribution in [1.29, 1.82) is 0 Å². The molecule has 0 aliphatic heterocycles. The van der Waals surface area contributed by atoms with Gasteiger partial charge in [-0.1, -0.05) is 26.0 Å². The lowest BCUT2D eigenvalue weighted by Gasteiger charge is -2.23. The summed E-state index contributed by atoms with van der Waals surface area (Å²) in [4.78, 5) is 2.44. The van der Waals surface area contributed by atoms with Crippen molar-refractivity contribution in [2.24, 2.45) is 5.73 Å². The summed E-state index contributed by atoms with van der Waals surface area (Å²) in [5.74, 6) is 2.00. The first kappa shape index (κ1) is 17.3. The van der Waals surface area contributed by atoms with Crippen LogP contribution in [0.5, 0.6) is 5.75 Å². The molecule has 3 nitrogen and oxygen atoms in total. The average Bonchev–Trinajstić information content (AvgIpc) is 2.47. The first-order valence-electron chi connectivity index (χ1n) is 7.35. The molecule has 0 aliphatic rings. The number of hydrogen-bond donors (Lipinski definition) is 1. The molecule has 114 valence electrons. The fraction of sp³-hybridized carbons (Fsp3) is 0.625. The van der Waals surface area contributed by atoms with E-state index >= 15 is 0 Å². The molecule has 0 aliphatic carbocycles. The Morgan fingerprint density at radius 2 is 2.00 bits per heavy atom. The van der Waals surface area contributed by atoms with Crippen LogP contribution in [0.1, 0.15) is 31.6 Å². The summed E-state index contributed by atoms with van der Waals surface area (Å²) in [5, 5.41) is 0.320. The van der Waals surface area contributed by atoms with Gasteiger partial charge in [0.1, 0.15) is 5.75 Å². The smallest absolute Gasteiger partial charge is 0.119 e. The Morgan fingerprint density at radius 1 is 1.30 bits per heavy atom. The van der Waals surface area contributed by atoms with E-state index in [1.54, 1.807) is 7.11 Å². The molecular formula is C16H28N2OS. The van der Waals surface area contributed by atoms with Crippen LogP contribution in [0.4, 0.5) is 0 Å². The maximum atomic E-state index is 6.17. The highest BCUT2D eigenvalue weighted by atomic mass is 32.2. The van der Waals surface area contributed by atoms with Gasteiger partial charge in [0.2, 0.25) is 0 Å². The summed E-state index contributed by atoms with van der Waals surface area (Å²) < 4.78 is 5.30. The third-order valence-electron chi connectivity index (χ3n) is 3.50. The Morgan fingerprint density at radius 3 is 2.55 bits per heavy atom. The second-order valence-corrected chi connectivity index (χ2v) is 6.20. The summed E-state index contributed by atoms with van der Waals surface area (Å²) in [6.07, 6.45) is 0. The molecule has 0 saturated carbocycles. The van der Waals surface area contributed by atoms with Crippen LogP contribution >= 0.6 is 11.8 Å². The van der Waals surface area contributed by atoms with Gasteiger partial charge in [-0.15, -0.1) is 0 Å². The van der Waals surface area contributed by atoms with Gasteiger partial charge in [0.15, 0.2) is 0 Å². The number of nitrogens with two attached hydrogens (primary N) is 1.